The van der Waals surface area contributed by atoms with E-state index in [2.05, 4.69) is 11.7 Å². The van der Waals surface area contributed by atoms with E-state index in [-0.39, 0.29) is 0 Å². The van der Waals surface area contributed by atoms with Crippen LogP contribution in [0.4, 0.5) is 0 Å². The fourth-order valence-electron chi connectivity index (χ4n) is 1.69. The van der Waals surface area contributed by atoms with Crippen molar-refractivity contribution in [2.24, 2.45) is 11.7 Å². The maximum absolute atomic E-state index is 10.6. The van der Waals surface area contributed by atoms with E-state index in [1.807, 2.05) is 0 Å². The molecule has 166 valence electrons. The van der Waals surface area contributed by atoms with Crippen LogP contribution in [0.15, 0.2) is 46.2 Å². The molecule has 0 amide bonds. The molecule has 0 saturated carbocycles. The van der Waals surface area contributed by atoms with Crippen molar-refractivity contribution < 1.29 is 56.0 Å². The molecule has 30 heavy (non-hydrogen) atoms. The number of nitrogens with two attached hydrogens (primary N) is 2. The lowest BCUT2D eigenvalue weighted by atomic mass is 10.2. The summed E-state index contributed by atoms with van der Waals surface area (Å²) in [5, 5.41) is 35.1. The molecule has 0 spiro atoms. The van der Waals surface area contributed by atoms with Crippen LogP contribution in [-0.4, -0.2) is 58.3 Å². The first kappa shape index (κ1) is 26.7. The summed E-state index contributed by atoms with van der Waals surface area (Å²) in [7, 11) is -8.90. The Morgan fingerprint density at radius 3 is 1.13 bits per heavy atom. The van der Waals surface area contributed by atoms with E-state index >= 15 is 0 Å². The minimum atomic E-state index is -4.45. The first-order chi connectivity index (χ1) is 13.6. The molecule has 0 bridgehead atoms. The van der Waals surface area contributed by atoms with Gasteiger partial charge in [0, 0.05) is 0 Å². The standard InChI is InChI=1S/2C7H6O6S.H4N2/c2*8-6-2-1-4(14(11,12)13)3-5(6)7(9)10;1-2/h2*1-3,8H,(H,9,10)(H,11,12,13);1-2H2. The fraction of sp³-hybridized carbons (Fsp3) is 0. The summed E-state index contributed by atoms with van der Waals surface area (Å²) in [5.74, 6) is 3.91. The molecule has 2 rings (SSSR count). The van der Waals surface area contributed by atoms with E-state index in [1.165, 1.54) is 0 Å². The molecule has 0 aliphatic heterocycles. The zero-order chi connectivity index (χ0) is 23.9. The molecule has 0 heterocycles. The minimum Gasteiger partial charge on any atom is -0.507 e. The Morgan fingerprint density at radius 1 is 0.667 bits per heavy atom. The molecule has 0 unspecified atom stereocenters. The van der Waals surface area contributed by atoms with Gasteiger partial charge in [0.25, 0.3) is 20.2 Å². The number of carbonyl (C=O) groups is 2. The molecule has 16 heteroatoms. The van der Waals surface area contributed by atoms with E-state index in [9.17, 15) is 26.4 Å². The fourth-order valence-corrected chi connectivity index (χ4v) is 2.71. The van der Waals surface area contributed by atoms with Crippen molar-refractivity contribution in [1.29, 1.82) is 0 Å². The van der Waals surface area contributed by atoms with Gasteiger partial charge in [0.05, 0.1) is 9.79 Å². The Balaban J connectivity index is 0.000000518. The smallest absolute Gasteiger partial charge is 0.339 e. The third kappa shape index (κ3) is 7.62. The van der Waals surface area contributed by atoms with Gasteiger partial charge in [-0.1, -0.05) is 0 Å². The second kappa shape index (κ2) is 10.5. The van der Waals surface area contributed by atoms with Crippen LogP contribution in [0, 0.1) is 0 Å². The molecule has 14 nitrogen and oxygen atoms in total. The molecule has 0 saturated heterocycles. The van der Waals surface area contributed by atoms with E-state index in [1.54, 1.807) is 0 Å². The third-order valence-corrected chi connectivity index (χ3v) is 4.69. The summed E-state index contributed by atoms with van der Waals surface area (Å²) >= 11 is 0. The van der Waals surface area contributed by atoms with E-state index in [0.29, 0.717) is 12.1 Å². The third-order valence-electron chi connectivity index (χ3n) is 2.99. The quantitative estimate of drug-likeness (QED) is 0.159. The minimum absolute atomic E-state index is 0.565. The van der Waals surface area contributed by atoms with Crippen molar-refractivity contribution in [3.63, 3.8) is 0 Å². The molecule has 0 radical (unpaired) electrons. The number of benzene rings is 2. The zero-order valence-electron chi connectivity index (χ0n) is 14.6. The SMILES string of the molecule is NN.O=C(O)c1cc(S(=O)(=O)O)ccc1O.O=C(O)c1cc(S(=O)(=O)O)ccc1O. The Kier molecular flexibility index (Phi) is 9.34. The van der Waals surface area contributed by atoms with Crippen LogP contribution in [0.2, 0.25) is 0 Å². The normalized spacial score (nSPS) is 10.7. The molecular weight excluding hydrogens is 452 g/mol. The molecule has 0 aliphatic carbocycles. The summed E-state index contributed by atoms with van der Waals surface area (Å²) in [6, 6.07) is 4.91. The first-order valence-corrected chi connectivity index (χ1v) is 9.93. The second-order valence-corrected chi connectivity index (χ2v) is 7.76. The number of rotatable bonds is 4. The van der Waals surface area contributed by atoms with Gasteiger partial charge in [0.15, 0.2) is 0 Å². The zero-order valence-corrected chi connectivity index (χ0v) is 16.2. The van der Waals surface area contributed by atoms with Crippen molar-refractivity contribution >= 4 is 32.2 Å². The highest BCUT2D eigenvalue weighted by Gasteiger charge is 2.17. The summed E-state index contributed by atoms with van der Waals surface area (Å²) in [6.45, 7) is 0. The maximum Gasteiger partial charge on any atom is 0.339 e. The van der Waals surface area contributed by atoms with Gasteiger partial charge in [-0.25, -0.2) is 9.59 Å². The highest BCUT2D eigenvalue weighted by atomic mass is 32.2. The Labute approximate surface area is 169 Å². The van der Waals surface area contributed by atoms with Crippen molar-refractivity contribution in [3.8, 4) is 11.5 Å². The second-order valence-electron chi connectivity index (χ2n) is 4.92. The van der Waals surface area contributed by atoms with Gasteiger partial charge in [-0.15, -0.1) is 0 Å². The monoisotopic (exact) mass is 468 g/mol. The highest BCUT2D eigenvalue weighted by Crippen LogP contribution is 2.21. The van der Waals surface area contributed by atoms with Crippen molar-refractivity contribution in [3.05, 3.63) is 47.5 Å². The summed E-state index contributed by atoms with van der Waals surface area (Å²) < 4.78 is 59.6. The predicted octanol–water partition coefficient (Wildman–Crippen LogP) is -0.507. The number of aromatic carboxylic acids is 2. The average Bonchev–Trinajstić information content (AvgIpc) is 2.62. The van der Waals surface area contributed by atoms with Crippen LogP contribution < -0.4 is 11.7 Å². The van der Waals surface area contributed by atoms with Crippen LogP contribution in [0.5, 0.6) is 11.5 Å². The number of hydrazine groups is 1. The van der Waals surface area contributed by atoms with E-state index < -0.39 is 64.6 Å². The Hall–Kier alpha value is -3.28. The number of aromatic hydroxyl groups is 2. The summed E-state index contributed by atoms with van der Waals surface area (Å²) in [5.41, 5.74) is -1.17. The predicted molar refractivity (Wildman–Crippen MR) is 98.1 cm³/mol. The molecule has 2 aromatic carbocycles. The summed E-state index contributed by atoms with van der Waals surface area (Å²) in [6.07, 6.45) is 0. The molecule has 0 aromatic heterocycles. The number of hydrogen-bond donors (Lipinski definition) is 8. The number of hydrogen-bond acceptors (Lipinski definition) is 10. The number of carboxylic acids is 2. The number of phenols is 2. The lowest BCUT2D eigenvalue weighted by Crippen LogP contribution is -2.02. The molecule has 0 fully saturated rings. The van der Waals surface area contributed by atoms with Crippen LogP contribution in [0.1, 0.15) is 20.7 Å². The van der Waals surface area contributed by atoms with Crippen molar-refractivity contribution in [1.82, 2.24) is 0 Å². The largest absolute Gasteiger partial charge is 0.507 e. The summed E-state index contributed by atoms with van der Waals surface area (Å²) in [4.78, 5) is 19.8. The molecule has 2 aromatic rings. The van der Waals surface area contributed by atoms with Gasteiger partial charge in [-0.2, -0.15) is 16.8 Å². The Bertz CT molecular complexity index is 1050. The molecule has 0 aliphatic rings. The van der Waals surface area contributed by atoms with Crippen LogP contribution in [-0.2, 0) is 20.2 Å². The van der Waals surface area contributed by atoms with Gasteiger partial charge < -0.3 is 20.4 Å². The lowest BCUT2D eigenvalue weighted by molar-refractivity contribution is 0.0682. The van der Waals surface area contributed by atoms with Crippen LogP contribution in [0.25, 0.3) is 0 Å². The van der Waals surface area contributed by atoms with Gasteiger partial charge in [-0.05, 0) is 36.4 Å². The highest BCUT2D eigenvalue weighted by molar-refractivity contribution is 7.86. The van der Waals surface area contributed by atoms with Gasteiger partial charge in [0.2, 0.25) is 0 Å². The van der Waals surface area contributed by atoms with E-state index in [0.717, 1.165) is 24.3 Å². The van der Waals surface area contributed by atoms with Gasteiger partial charge in [0.1, 0.15) is 22.6 Å². The topological polar surface area (TPSA) is 276 Å². The van der Waals surface area contributed by atoms with Gasteiger partial charge >= 0.3 is 11.9 Å². The first-order valence-electron chi connectivity index (χ1n) is 7.05. The Morgan fingerprint density at radius 2 is 0.933 bits per heavy atom. The van der Waals surface area contributed by atoms with Crippen LogP contribution in [0.3, 0.4) is 0 Å². The van der Waals surface area contributed by atoms with E-state index in [4.69, 9.17) is 29.5 Å². The van der Waals surface area contributed by atoms with Gasteiger partial charge in [-0.3, -0.25) is 20.8 Å². The number of carboxylic acid groups (broad SMARTS) is 2. The maximum atomic E-state index is 10.6. The molecule has 10 N–H and O–H groups in total. The lowest BCUT2D eigenvalue weighted by Gasteiger charge is -2.01. The average molecular weight is 468 g/mol. The molecule has 0 atom stereocenters. The molecular formula is C14H16N2O12S2. The van der Waals surface area contributed by atoms with Crippen molar-refractivity contribution in [2.75, 3.05) is 0 Å². The van der Waals surface area contributed by atoms with Crippen LogP contribution >= 0.6 is 0 Å². The van der Waals surface area contributed by atoms with Crippen molar-refractivity contribution in [2.45, 2.75) is 9.79 Å².